The fourth-order valence-electron chi connectivity index (χ4n) is 2.53. The number of anilines is 1. The van der Waals surface area contributed by atoms with Crippen LogP contribution in [-0.4, -0.2) is 38.9 Å². The minimum Gasteiger partial charge on any atom is -0.372 e. The normalized spacial score (nSPS) is 22.7. The van der Waals surface area contributed by atoms with E-state index in [0.717, 1.165) is 32.5 Å². The van der Waals surface area contributed by atoms with Gasteiger partial charge in [0, 0.05) is 20.1 Å². The molecule has 1 heterocycles. The Hall–Kier alpha value is -1.13. The van der Waals surface area contributed by atoms with Crippen LogP contribution in [0.1, 0.15) is 19.8 Å². The first-order valence-corrected chi connectivity index (χ1v) is 7.02. The number of nitrogens with one attached hydrogen (secondary N) is 1. The second-order valence-electron chi connectivity index (χ2n) is 5.10. The van der Waals surface area contributed by atoms with Crippen LogP contribution in [0.2, 0.25) is 0 Å². The number of hydrogen-bond acceptors (Lipinski definition) is 3. The maximum atomic E-state index is 13.7. The zero-order valence-corrected chi connectivity index (χ0v) is 11.7. The van der Waals surface area contributed by atoms with Gasteiger partial charge < -0.3 is 15.0 Å². The second-order valence-corrected chi connectivity index (χ2v) is 5.10. The molecule has 1 aromatic carbocycles. The lowest BCUT2D eigenvalue weighted by Crippen LogP contribution is -2.32. The highest BCUT2D eigenvalue weighted by atomic mass is 19.1. The van der Waals surface area contributed by atoms with Crippen molar-refractivity contribution in [3.05, 3.63) is 30.1 Å². The summed E-state index contributed by atoms with van der Waals surface area (Å²) in [5.74, 6) is -0.174. The molecule has 1 fully saturated rings. The number of rotatable bonds is 6. The number of benzene rings is 1. The SMILES string of the molecule is CCNCC1CCC(CN(C)c2ccccc2F)O1. The molecule has 0 amide bonds. The van der Waals surface area contributed by atoms with Gasteiger partial charge in [-0.25, -0.2) is 4.39 Å². The van der Waals surface area contributed by atoms with Gasteiger partial charge in [-0.15, -0.1) is 0 Å². The topological polar surface area (TPSA) is 24.5 Å². The Balaban J connectivity index is 1.84. The van der Waals surface area contributed by atoms with E-state index < -0.39 is 0 Å². The molecule has 106 valence electrons. The van der Waals surface area contributed by atoms with Crippen molar-refractivity contribution in [2.45, 2.75) is 32.0 Å². The van der Waals surface area contributed by atoms with Crippen LogP contribution in [0.5, 0.6) is 0 Å². The molecule has 0 radical (unpaired) electrons. The van der Waals surface area contributed by atoms with Gasteiger partial charge in [0.05, 0.1) is 17.9 Å². The van der Waals surface area contributed by atoms with Gasteiger partial charge in [0.2, 0.25) is 0 Å². The molecule has 2 rings (SSSR count). The lowest BCUT2D eigenvalue weighted by molar-refractivity contribution is 0.0502. The molecule has 1 N–H and O–H groups in total. The van der Waals surface area contributed by atoms with Crippen LogP contribution in [0.3, 0.4) is 0 Å². The third kappa shape index (κ3) is 3.91. The molecule has 19 heavy (non-hydrogen) atoms. The first-order valence-electron chi connectivity index (χ1n) is 7.02. The minimum absolute atomic E-state index is 0.174. The van der Waals surface area contributed by atoms with Crippen molar-refractivity contribution in [2.75, 3.05) is 31.6 Å². The molecule has 0 aliphatic carbocycles. The molecular weight excluding hydrogens is 243 g/mol. The molecule has 0 bridgehead atoms. The van der Waals surface area contributed by atoms with E-state index in [0.29, 0.717) is 11.8 Å². The summed E-state index contributed by atoms with van der Waals surface area (Å²) in [5, 5.41) is 3.31. The lowest BCUT2D eigenvalue weighted by Gasteiger charge is -2.24. The number of halogens is 1. The summed E-state index contributed by atoms with van der Waals surface area (Å²) in [5.41, 5.74) is 0.640. The summed E-state index contributed by atoms with van der Waals surface area (Å²) in [4.78, 5) is 1.94. The highest BCUT2D eigenvalue weighted by Gasteiger charge is 2.26. The molecule has 0 spiro atoms. The van der Waals surface area contributed by atoms with E-state index in [-0.39, 0.29) is 11.9 Å². The standard InChI is InChI=1S/C15H23FN2O/c1-3-17-10-12-8-9-13(19-12)11-18(2)15-7-5-4-6-14(15)16/h4-7,12-13,17H,3,8-11H2,1-2H3. The number of hydrogen-bond donors (Lipinski definition) is 1. The number of ether oxygens (including phenoxy) is 1. The first-order chi connectivity index (χ1) is 9.20. The summed E-state index contributed by atoms with van der Waals surface area (Å²) < 4.78 is 19.6. The van der Waals surface area contributed by atoms with E-state index in [4.69, 9.17) is 4.74 Å². The molecule has 2 unspecified atom stereocenters. The van der Waals surface area contributed by atoms with Gasteiger partial charge in [-0.05, 0) is 31.5 Å². The Labute approximate surface area is 114 Å². The highest BCUT2D eigenvalue weighted by molar-refractivity contribution is 5.46. The predicted octanol–water partition coefficient (Wildman–Crippen LogP) is 2.42. The zero-order chi connectivity index (χ0) is 13.7. The minimum atomic E-state index is -0.174. The summed E-state index contributed by atoms with van der Waals surface area (Å²) in [7, 11) is 1.92. The fourth-order valence-corrected chi connectivity index (χ4v) is 2.53. The molecule has 1 aliphatic heterocycles. The fraction of sp³-hybridized carbons (Fsp3) is 0.600. The quantitative estimate of drug-likeness (QED) is 0.856. The molecular formula is C15H23FN2O. The maximum absolute atomic E-state index is 13.7. The summed E-state index contributed by atoms with van der Waals surface area (Å²) in [6.07, 6.45) is 2.64. The van der Waals surface area contributed by atoms with Crippen LogP contribution in [0, 0.1) is 5.82 Å². The Morgan fingerprint density at radius 3 is 2.79 bits per heavy atom. The van der Waals surface area contributed by atoms with E-state index in [1.807, 2.05) is 18.0 Å². The van der Waals surface area contributed by atoms with Crippen LogP contribution >= 0.6 is 0 Å². The Kier molecular flexibility index (Phi) is 5.16. The predicted molar refractivity (Wildman–Crippen MR) is 76.1 cm³/mol. The van der Waals surface area contributed by atoms with E-state index >= 15 is 0 Å². The van der Waals surface area contributed by atoms with Gasteiger partial charge >= 0.3 is 0 Å². The van der Waals surface area contributed by atoms with Crippen molar-refractivity contribution in [3.8, 4) is 0 Å². The van der Waals surface area contributed by atoms with Crippen molar-refractivity contribution in [3.63, 3.8) is 0 Å². The summed E-state index contributed by atoms with van der Waals surface area (Å²) >= 11 is 0. The lowest BCUT2D eigenvalue weighted by atomic mass is 10.2. The van der Waals surface area contributed by atoms with Gasteiger partial charge in [0.25, 0.3) is 0 Å². The van der Waals surface area contributed by atoms with E-state index in [2.05, 4.69) is 12.2 Å². The molecule has 1 aromatic rings. The number of nitrogens with zero attached hydrogens (tertiary/aromatic N) is 1. The van der Waals surface area contributed by atoms with Gasteiger partial charge in [0.15, 0.2) is 0 Å². The van der Waals surface area contributed by atoms with Crippen molar-refractivity contribution in [2.24, 2.45) is 0 Å². The monoisotopic (exact) mass is 266 g/mol. The molecule has 0 saturated carbocycles. The van der Waals surface area contributed by atoms with Crippen LogP contribution in [0.15, 0.2) is 24.3 Å². The van der Waals surface area contributed by atoms with Crippen LogP contribution < -0.4 is 10.2 Å². The molecule has 0 aromatic heterocycles. The average molecular weight is 266 g/mol. The molecule has 4 heteroatoms. The maximum Gasteiger partial charge on any atom is 0.146 e. The molecule has 3 nitrogen and oxygen atoms in total. The van der Waals surface area contributed by atoms with Crippen LogP contribution in [0.25, 0.3) is 0 Å². The van der Waals surface area contributed by atoms with Gasteiger partial charge in [-0.3, -0.25) is 0 Å². The van der Waals surface area contributed by atoms with Crippen molar-refractivity contribution < 1.29 is 9.13 Å². The van der Waals surface area contributed by atoms with Crippen LogP contribution in [0.4, 0.5) is 10.1 Å². The van der Waals surface area contributed by atoms with Gasteiger partial charge in [-0.2, -0.15) is 0 Å². The van der Waals surface area contributed by atoms with E-state index in [9.17, 15) is 4.39 Å². The smallest absolute Gasteiger partial charge is 0.146 e. The number of likely N-dealkylation sites (N-methyl/N-ethyl adjacent to an activating group) is 2. The third-order valence-corrected chi connectivity index (χ3v) is 3.56. The number of para-hydroxylation sites is 1. The summed E-state index contributed by atoms with van der Waals surface area (Å²) in [6, 6.07) is 6.87. The zero-order valence-electron chi connectivity index (χ0n) is 11.7. The van der Waals surface area contributed by atoms with Crippen LogP contribution in [-0.2, 0) is 4.74 Å². The average Bonchev–Trinajstić information content (AvgIpc) is 2.84. The van der Waals surface area contributed by atoms with E-state index in [1.165, 1.54) is 6.07 Å². The van der Waals surface area contributed by atoms with Crippen molar-refractivity contribution >= 4 is 5.69 Å². The Morgan fingerprint density at radius 1 is 1.32 bits per heavy atom. The summed E-state index contributed by atoms with van der Waals surface area (Å²) in [6.45, 7) is 4.72. The molecule has 1 aliphatic rings. The second kappa shape index (κ2) is 6.87. The Morgan fingerprint density at radius 2 is 2.05 bits per heavy atom. The van der Waals surface area contributed by atoms with Crippen molar-refractivity contribution in [1.82, 2.24) is 5.32 Å². The highest BCUT2D eigenvalue weighted by Crippen LogP contribution is 2.23. The molecule has 2 atom stereocenters. The third-order valence-electron chi connectivity index (χ3n) is 3.56. The van der Waals surface area contributed by atoms with Crippen molar-refractivity contribution in [1.29, 1.82) is 0 Å². The van der Waals surface area contributed by atoms with E-state index in [1.54, 1.807) is 12.1 Å². The van der Waals surface area contributed by atoms with Gasteiger partial charge in [0.1, 0.15) is 5.82 Å². The largest absolute Gasteiger partial charge is 0.372 e. The Bertz CT molecular complexity index is 399. The van der Waals surface area contributed by atoms with Gasteiger partial charge in [-0.1, -0.05) is 19.1 Å². The first kappa shape index (κ1) is 14.3. The molecule has 1 saturated heterocycles.